The number of rotatable bonds is 4. The van der Waals surface area contributed by atoms with Gasteiger partial charge in [-0.2, -0.15) is 0 Å². The number of hydrogen-bond donors (Lipinski definition) is 0. The van der Waals surface area contributed by atoms with Crippen molar-refractivity contribution in [3.63, 3.8) is 0 Å². The zero-order valence-corrected chi connectivity index (χ0v) is 27.8. The molecule has 0 N–H and O–H groups in total. The van der Waals surface area contributed by atoms with Crippen LogP contribution < -0.4 is 9.80 Å². The highest BCUT2D eigenvalue weighted by Gasteiger charge is 2.36. The minimum atomic E-state index is 0.0550. The topological polar surface area (TPSA) is 6.48 Å². The molecule has 228 valence electrons. The fourth-order valence-electron chi connectivity index (χ4n) is 7.42. The maximum absolute atomic E-state index is 2.35. The summed E-state index contributed by atoms with van der Waals surface area (Å²) in [5, 5.41) is 0. The van der Waals surface area contributed by atoms with Crippen LogP contribution in [0.5, 0.6) is 0 Å². The van der Waals surface area contributed by atoms with Gasteiger partial charge in [-0.25, -0.2) is 0 Å². The van der Waals surface area contributed by atoms with E-state index in [1.54, 1.807) is 0 Å². The first kappa shape index (κ1) is 29.6. The molecule has 0 radical (unpaired) electrons. The van der Waals surface area contributed by atoms with E-state index in [2.05, 4.69) is 197 Å². The van der Waals surface area contributed by atoms with E-state index < -0.39 is 0 Å². The van der Waals surface area contributed by atoms with E-state index in [4.69, 9.17) is 0 Å². The summed E-state index contributed by atoms with van der Waals surface area (Å²) in [7, 11) is 4.26. The molecule has 2 nitrogen and oxygen atoms in total. The van der Waals surface area contributed by atoms with Crippen LogP contribution >= 0.6 is 0 Å². The maximum atomic E-state index is 2.35. The Morgan fingerprint density at radius 1 is 0.326 bits per heavy atom. The van der Waals surface area contributed by atoms with Crippen molar-refractivity contribution in [1.29, 1.82) is 0 Å². The smallest absolute Gasteiger partial charge is 0.0414 e. The Labute approximate surface area is 274 Å². The lowest BCUT2D eigenvalue weighted by atomic mass is 9.82. The largest absolute Gasteiger partial charge is 0.345 e. The summed E-state index contributed by atoms with van der Waals surface area (Å²) in [5.41, 5.74) is 16.2. The number of fused-ring (bicyclic) bond motifs is 6. The predicted molar refractivity (Wildman–Crippen MR) is 197 cm³/mol. The molecule has 46 heavy (non-hydrogen) atoms. The quantitative estimate of drug-likeness (QED) is 0.199. The molecule has 2 aliphatic carbocycles. The van der Waals surface area contributed by atoms with Crippen LogP contribution in [0.3, 0.4) is 0 Å². The van der Waals surface area contributed by atoms with Gasteiger partial charge in [0.2, 0.25) is 0 Å². The third-order valence-corrected chi connectivity index (χ3v) is 10.2. The zero-order chi connectivity index (χ0) is 32.1. The summed E-state index contributed by atoms with van der Waals surface area (Å²) in [5.74, 6) is 0. The molecular weight excluding hydrogens is 556 g/mol. The van der Waals surface area contributed by atoms with E-state index in [9.17, 15) is 0 Å². The normalized spacial score (nSPS) is 14.2. The second kappa shape index (κ2) is 11.4. The second-order valence-electron chi connectivity index (χ2n) is 13.6. The minimum absolute atomic E-state index is 0.0550. The van der Waals surface area contributed by atoms with E-state index in [-0.39, 0.29) is 10.8 Å². The third-order valence-electron chi connectivity index (χ3n) is 10.2. The standard InChI is InChI=1S/2C22H21N/c1-22(2)20-12-8-7-11-18(20)19-15-17(13-14-21(19)22)23(3)16-9-5-4-6-10-16;1-22(2)20-12-8-7-11-18(20)19-14-13-17(15-21(19)22)23(3)16-9-5-4-6-10-16/h2*4-15H,1-3H3. The van der Waals surface area contributed by atoms with Crippen molar-refractivity contribution in [2.24, 2.45) is 0 Å². The van der Waals surface area contributed by atoms with E-state index in [0.717, 1.165) is 0 Å². The van der Waals surface area contributed by atoms with Gasteiger partial charge in [0.05, 0.1) is 0 Å². The molecule has 6 aromatic rings. The lowest BCUT2D eigenvalue weighted by molar-refractivity contribution is 0.660. The maximum Gasteiger partial charge on any atom is 0.0414 e. The van der Waals surface area contributed by atoms with Crippen LogP contribution in [0.25, 0.3) is 22.3 Å². The Bertz CT molecular complexity index is 2020. The summed E-state index contributed by atoms with van der Waals surface area (Å²) in [6.45, 7) is 9.28. The van der Waals surface area contributed by atoms with Gasteiger partial charge >= 0.3 is 0 Å². The second-order valence-corrected chi connectivity index (χ2v) is 13.6. The SMILES string of the molecule is CN(c1ccccc1)c1ccc2c(c1)-c1ccccc1C2(C)C.CN(c1ccccc1)c1ccc2c(c1)C(C)(C)c1ccccc1-2. The molecule has 0 atom stereocenters. The van der Waals surface area contributed by atoms with Crippen LogP contribution in [0.15, 0.2) is 146 Å². The Morgan fingerprint density at radius 3 is 1.28 bits per heavy atom. The molecule has 0 heterocycles. The van der Waals surface area contributed by atoms with Crippen LogP contribution in [0, 0.1) is 0 Å². The molecule has 6 aromatic carbocycles. The highest BCUT2D eigenvalue weighted by atomic mass is 15.1. The molecule has 0 saturated heterocycles. The molecule has 8 rings (SSSR count). The number of anilines is 4. The molecule has 2 heteroatoms. The molecule has 0 aliphatic heterocycles. The molecule has 0 saturated carbocycles. The van der Waals surface area contributed by atoms with Gasteiger partial charge in [-0.1, -0.05) is 125 Å². The van der Waals surface area contributed by atoms with Gasteiger partial charge in [0, 0.05) is 47.7 Å². The number of benzene rings is 6. The van der Waals surface area contributed by atoms with E-state index in [0.29, 0.717) is 0 Å². The zero-order valence-electron chi connectivity index (χ0n) is 27.8. The highest BCUT2D eigenvalue weighted by Crippen LogP contribution is 2.51. The van der Waals surface area contributed by atoms with Crippen molar-refractivity contribution >= 4 is 22.7 Å². The van der Waals surface area contributed by atoms with Gasteiger partial charge < -0.3 is 9.80 Å². The van der Waals surface area contributed by atoms with E-state index in [1.807, 2.05) is 0 Å². The van der Waals surface area contributed by atoms with Crippen molar-refractivity contribution in [2.45, 2.75) is 38.5 Å². The van der Waals surface area contributed by atoms with Crippen molar-refractivity contribution in [3.8, 4) is 22.3 Å². The Kier molecular flexibility index (Phi) is 7.32. The molecule has 0 aromatic heterocycles. The van der Waals surface area contributed by atoms with Crippen molar-refractivity contribution < 1.29 is 0 Å². The lowest BCUT2D eigenvalue weighted by Crippen LogP contribution is -2.16. The summed E-state index contributed by atoms with van der Waals surface area (Å²) in [6.07, 6.45) is 0. The Morgan fingerprint density at radius 2 is 0.717 bits per heavy atom. The average Bonchev–Trinajstić information content (AvgIpc) is 3.48. The first-order valence-corrected chi connectivity index (χ1v) is 16.2. The van der Waals surface area contributed by atoms with Gasteiger partial charge in [-0.15, -0.1) is 0 Å². The molecule has 0 unspecified atom stereocenters. The summed E-state index contributed by atoms with van der Waals surface area (Å²) in [4.78, 5) is 4.49. The van der Waals surface area contributed by atoms with Gasteiger partial charge in [0.25, 0.3) is 0 Å². The van der Waals surface area contributed by atoms with Crippen LogP contribution in [-0.4, -0.2) is 14.1 Å². The fourth-order valence-corrected chi connectivity index (χ4v) is 7.42. The fraction of sp³-hybridized carbons (Fsp3) is 0.182. The number of nitrogens with zero attached hydrogens (tertiary/aromatic N) is 2. The van der Waals surface area contributed by atoms with Crippen molar-refractivity contribution in [2.75, 3.05) is 23.9 Å². The van der Waals surface area contributed by atoms with Crippen LogP contribution in [0.4, 0.5) is 22.7 Å². The van der Waals surface area contributed by atoms with Crippen molar-refractivity contribution in [1.82, 2.24) is 0 Å². The number of para-hydroxylation sites is 2. The molecule has 0 spiro atoms. The van der Waals surface area contributed by atoms with Crippen LogP contribution in [0.1, 0.15) is 49.9 Å². The third kappa shape index (κ3) is 4.90. The molecule has 0 amide bonds. The van der Waals surface area contributed by atoms with Crippen LogP contribution in [0.2, 0.25) is 0 Å². The monoisotopic (exact) mass is 598 g/mol. The number of hydrogen-bond acceptors (Lipinski definition) is 2. The Balaban J connectivity index is 0.000000147. The molecule has 0 bridgehead atoms. The first-order valence-electron chi connectivity index (χ1n) is 16.2. The van der Waals surface area contributed by atoms with Crippen molar-refractivity contribution in [3.05, 3.63) is 168 Å². The molecule has 0 fully saturated rings. The first-order chi connectivity index (χ1) is 22.2. The summed E-state index contributed by atoms with van der Waals surface area (Å²) < 4.78 is 0. The molecule has 2 aliphatic rings. The minimum Gasteiger partial charge on any atom is -0.345 e. The summed E-state index contributed by atoms with van der Waals surface area (Å²) >= 11 is 0. The van der Waals surface area contributed by atoms with Gasteiger partial charge in [-0.3, -0.25) is 0 Å². The van der Waals surface area contributed by atoms with Gasteiger partial charge in [0.15, 0.2) is 0 Å². The predicted octanol–water partition coefficient (Wildman–Crippen LogP) is 11.5. The van der Waals surface area contributed by atoms with Crippen LogP contribution in [-0.2, 0) is 10.8 Å². The Hall–Kier alpha value is -5.08. The summed E-state index contributed by atoms with van der Waals surface area (Å²) in [6, 6.07) is 52.3. The average molecular weight is 599 g/mol. The lowest BCUT2D eigenvalue weighted by Gasteiger charge is -2.25. The highest BCUT2D eigenvalue weighted by molar-refractivity contribution is 5.85. The van der Waals surface area contributed by atoms with E-state index >= 15 is 0 Å². The van der Waals surface area contributed by atoms with Gasteiger partial charge in [0.1, 0.15) is 0 Å². The molecular formula is C44H42N2. The van der Waals surface area contributed by atoms with Gasteiger partial charge in [-0.05, 0) is 93.0 Å². The van der Waals surface area contributed by atoms with E-state index in [1.165, 1.54) is 67.3 Å².